The molecule has 2 unspecified atom stereocenters. The molecule has 5 nitrogen and oxygen atoms in total. The molecule has 148 valence electrons. The molecular formula is C19H32ClIN4O. The fraction of sp³-hybridized carbons (Fsp3) is 0.632. The fourth-order valence-electron chi connectivity index (χ4n) is 2.80. The van der Waals surface area contributed by atoms with Crippen LogP contribution in [0.5, 0.6) is 0 Å². The van der Waals surface area contributed by atoms with Crippen LogP contribution < -0.4 is 10.6 Å². The predicted octanol–water partition coefficient (Wildman–Crippen LogP) is 3.54. The van der Waals surface area contributed by atoms with Gasteiger partial charge in [-0.1, -0.05) is 37.6 Å². The van der Waals surface area contributed by atoms with Gasteiger partial charge in [-0.3, -0.25) is 9.89 Å². The quantitative estimate of drug-likeness (QED) is 0.361. The first-order valence-electron chi connectivity index (χ1n) is 9.05. The molecule has 2 N–H and O–H groups in total. The van der Waals surface area contributed by atoms with Crippen molar-refractivity contribution in [1.29, 1.82) is 0 Å². The molecule has 1 aromatic rings. The Morgan fingerprint density at radius 3 is 2.35 bits per heavy atom. The molecule has 0 radical (unpaired) electrons. The molecule has 0 spiro atoms. The summed E-state index contributed by atoms with van der Waals surface area (Å²) in [5, 5.41) is 7.71. The highest BCUT2D eigenvalue weighted by Crippen LogP contribution is 2.23. The molecule has 26 heavy (non-hydrogen) atoms. The van der Waals surface area contributed by atoms with E-state index in [-0.39, 0.29) is 30.0 Å². The Morgan fingerprint density at radius 2 is 1.81 bits per heavy atom. The van der Waals surface area contributed by atoms with Gasteiger partial charge in [0.1, 0.15) is 0 Å². The monoisotopic (exact) mass is 494 g/mol. The Kier molecular flexibility index (Phi) is 10.8. The second-order valence-electron chi connectivity index (χ2n) is 6.85. The third-order valence-electron chi connectivity index (χ3n) is 4.79. The minimum absolute atomic E-state index is 0. The lowest BCUT2D eigenvalue weighted by Crippen LogP contribution is -2.48. The van der Waals surface area contributed by atoms with Gasteiger partial charge in [-0.25, -0.2) is 0 Å². The minimum atomic E-state index is 0. The standard InChI is InChI=1S/C19H31ClN4O.HI/c1-14(2)15(3)23-19(21-4)22-13-18(24-9-11-25-12-10-24)16-5-7-17(20)8-6-16;/h5-8,14-15,18H,9-13H2,1-4H3,(H2,21,22,23);1H. The summed E-state index contributed by atoms with van der Waals surface area (Å²) in [6, 6.07) is 8.75. The van der Waals surface area contributed by atoms with Crippen molar-refractivity contribution in [2.24, 2.45) is 10.9 Å². The summed E-state index contributed by atoms with van der Waals surface area (Å²) in [4.78, 5) is 6.82. The van der Waals surface area contributed by atoms with E-state index in [0.717, 1.165) is 43.8 Å². The average molecular weight is 495 g/mol. The summed E-state index contributed by atoms with van der Waals surface area (Å²) in [6.45, 7) is 10.8. The Labute approximate surface area is 179 Å². The van der Waals surface area contributed by atoms with Gasteiger partial charge < -0.3 is 15.4 Å². The van der Waals surface area contributed by atoms with Crippen molar-refractivity contribution in [3.63, 3.8) is 0 Å². The molecule has 2 rings (SSSR count). The number of benzene rings is 1. The van der Waals surface area contributed by atoms with Crippen molar-refractivity contribution in [1.82, 2.24) is 15.5 Å². The SMILES string of the molecule is CN=C(NCC(c1ccc(Cl)cc1)N1CCOCC1)NC(C)C(C)C.I. The number of halogens is 2. The van der Waals surface area contributed by atoms with E-state index in [4.69, 9.17) is 16.3 Å². The van der Waals surface area contributed by atoms with E-state index in [1.165, 1.54) is 5.56 Å². The number of morpholine rings is 1. The molecule has 0 saturated carbocycles. The van der Waals surface area contributed by atoms with Crippen molar-refractivity contribution in [2.45, 2.75) is 32.9 Å². The highest BCUT2D eigenvalue weighted by molar-refractivity contribution is 14.0. The molecule has 0 aromatic heterocycles. The van der Waals surface area contributed by atoms with E-state index >= 15 is 0 Å². The maximum atomic E-state index is 6.06. The van der Waals surface area contributed by atoms with Gasteiger partial charge in [0, 0.05) is 37.7 Å². The van der Waals surface area contributed by atoms with Crippen molar-refractivity contribution >= 4 is 41.5 Å². The molecule has 1 aromatic carbocycles. The Bertz CT molecular complexity index is 547. The van der Waals surface area contributed by atoms with Gasteiger partial charge in [-0.15, -0.1) is 24.0 Å². The van der Waals surface area contributed by atoms with Crippen LogP contribution in [0.3, 0.4) is 0 Å². The topological polar surface area (TPSA) is 48.9 Å². The number of hydrogen-bond acceptors (Lipinski definition) is 3. The van der Waals surface area contributed by atoms with E-state index in [2.05, 4.69) is 53.4 Å². The van der Waals surface area contributed by atoms with Crippen LogP contribution in [0.4, 0.5) is 0 Å². The number of rotatable bonds is 6. The zero-order valence-corrected chi connectivity index (χ0v) is 19.3. The van der Waals surface area contributed by atoms with Gasteiger partial charge in [0.25, 0.3) is 0 Å². The number of hydrogen-bond donors (Lipinski definition) is 2. The van der Waals surface area contributed by atoms with Gasteiger partial charge in [-0.2, -0.15) is 0 Å². The number of nitrogens with one attached hydrogen (secondary N) is 2. The van der Waals surface area contributed by atoms with E-state index in [9.17, 15) is 0 Å². The molecule has 7 heteroatoms. The highest BCUT2D eigenvalue weighted by atomic mass is 127. The molecule has 0 bridgehead atoms. The van der Waals surface area contributed by atoms with Crippen LogP contribution in [0, 0.1) is 5.92 Å². The lowest BCUT2D eigenvalue weighted by atomic mass is 10.0. The van der Waals surface area contributed by atoms with Crippen LogP contribution >= 0.6 is 35.6 Å². The summed E-state index contributed by atoms with van der Waals surface area (Å²) >= 11 is 6.06. The van der Waals surface area contributed by atoms with Crippen LogP contribution in [0.15, 0.2) is 29.3 Å². The second kappa shape index (κ2) is 12.0. The first kappa shape index (κ1) is 23.5. The molecule has 1 aliphatic heterocycles. The largest absolute Gasteiger partial charge is 0.379 e. The molecule has 1 aliphatic rings. The molecule has 0 aliphatic carbocycles. The maximum absolute atomic E-state index is 6.06. The summed E-state index contributed by atoms with van der Waals surface area (Å²) in [5.74, 6) is 1.39. The van der Waals surface area contributed by atoms with Crippen LogP contribution in [-0.4, -0.2) is 56.8 Å². The van der Waals surface area contributed by atoms with Gasteiger partial charge in [0.05, 0.1) is 19.3 Å². The Morgan fingerprint density at radius 1 is 1.19 bits per heavy atom. The smallest absolute Gasteiger partial charge is 0.191 e. The Hall–Kier alpha value is -0.570. The highest BCUT2D eigenvalue weighted by Gasteiger charge is 2.23. The zero-order chi connectivity index (χ0) is 18.2. The van der Waals surface area contributed by atoms with Crippen molar-refractivity contribution in [2.75, 3.05) is 39.9 Å². The van der Waals surface area contributed by atoms with E-state index in [1.54, 1.807) is 0 Å². The first-order chi connectivity index (χ1) is 12.0. The molecule has 0 amide bonds. The number of nitrogens with zero attached hydrogens (tertiary/aromatic N) is 2. The third-order valence-corrected chi connectivity index (χ3v) is 5.04. The van der Waals surface area contributed by atoms with E-state index in [0.29, 0.717) is 12.0 Å². The fourth-order valence-corrected chi connectivity index (χ4v) is 2.93. The zero-order valence-electron chi connectivity index (χ0n) is 16.2. The summed E-state index contributed by atoms with van der Waals surface area (Å²) < 4.78 is 5.51. The van der Waals surface area contributed by atoms with Crippen LogP contribution in [0.2, 0.25) is 5.02 Å². The first-order valence-corrected chi connectivity index (χ1v) is 9.43. The molecule has 2 atom stereocenters. The number of ether oxygens (including phenoxy) is 1. The third kappa shape index (κ3) is 7.21. The predicted molar refractivity (Wildman–Crippen MR) is 121 cm³/mol. The molecular weight excluding hydrogens is 463 g/mol. The van der Waals surface area contributed by atoms with Crippen molar-refractivity contribution in [3.05, 3.63) is 34.9 Å². The Balaban J connectivity index is 0.00000338. The van der Waals surface area contributed by atoms with Gasteiger partial charge in [-0.05, 0) is 30.5 Å². The number of aliphatic imine (C=N–C) groups is 1. The van der Waals surface area contributed by atoms with Crippen molar-refractivity contribution in [3.8, 4) is 0 Å². The van der Waals surface area contributed by atoms with Crippen LogP contribution in [0.1, 0.15) is 32.4 Å². The lowest BCUT2D eigenvalue weighted by molar-refractivity contribution is 0.0170. The van der Waals surface area contributed by atoms with Gasteiger partial charge in [0.15, 0.2) is 5.96 Å². The van der Waals surface area contributed by atoms with E-state index < -0.39 is 0 Å². The van der Waals surface area contributed by atoms with Gasteiger partial charge in [0.2, 0.25) is 0 Å². The normalized spacial score (nSPS) is 18.2. The van der Waals surface area contributed by atoms with E-state index in [1.807, 2.05) is 19.2 Å². The van der Waals surface area contributed by atoms with Crippen LogP contribution in [0.25, 0.3) is 0 Å². The average Bonchev–Trinajstić information content (AvgIpc) is 2.62. The van der Waals surface area contributed by atoms with Gasteiger partial charge >= 0.3 is 0 Å². The molecule has 1 fully saturated rings. The number of guanidine groups is 1. The minimum Gasteiger partial charge on any atom is -0.379 e. The second-order valence-corrected chi connectivity index (χ2v) is 7.28. The summed E-state index contributed by atoms with van der Waals surface area (Å²) in [6.07, 6.45) is 0. The molecule has 1 saturated heterocycles. The molecule has 1 heterocycles. The lowest BCUT2D eigenvalue weighted by Gasteiger charge is -2.35. The summed E-state index contributed by atoms with van der Waals surface area (Å²) in [7, 11) is 1.81. The summed E-state index contributed by atoms with van der Waals surface area (Å²) in [5.41, 5.74) is 1.26. The van der Waals surface area contributed by atoms with Crippen LogP contribution in [-0.2, 0) is 4.74 Å². The maximum Gasteiger partial charge on any atom is 0.191 e. The van der Waals surface area contributed by atoms with Crippen molar-refractivity contribution < 1.29 is 4.74 Å².